The number of hydrogen-bond acceptors (Lipinski definition) is 4. The molecule has 0 saturated carbocycles. The number of benzene rings is 1. The zero-order chi connectivity index (χ0) is 23.6. The van der Waals surface area contributed by atoms with Crippen LogP contribution in [-0.4, -0.2) is 45.8 Å². The summed E-state index contributed by atoms with van der Waals surface area (Å²) in [6.45, 7) is 7.95. The third kappa shape index (κ3) is 4.74. The highest BCUT2D eigenvalue weighted by atomic mass is 16.2. The maximum absolute atomic E-state index is 13.1. The molecular formula is C24H30N4O4. The highest BCUT2D eigenvalue weighted by Crippen LogP contribution is 2.25. The number of aromatic nitrogens is 1. The van der Waals surface area contributed by atoms with Crippen LogP contribution in [0.25, 0.3) is 0 Å². The number of rotatable bonds is 6. The highest BCUT2D eigenvalue weighted by Gasteiger charge is 2.35. The van der Waals surface area contributed by atoms with Gasteiger partial charge in [0.2, 0.25) is 11.8 Å². The first-order chi connectivity index (χ1) is 15.1. The maximum atomic E-state index is 13.1. The Morgan fingerprint density at radius 2 is 1.69 bits per heavy atom. The van der Waals surface area contributed by atoms with Crippen molar-refractivity contribution in [2.75, 3.05) is 16.8 Å². The van der Waals surface area contributed by atoms with E-state index in [1.807, 2.05) is 58.0 Å². The molecule has 1 fully saturated rings. The second-order valence-electron chi connectivity index (χ2n) is 8.69. The lowest BCUT2D eigenvalue weighted by molar-refractivity contribution is -0.122. The summed E-state index contributed by atoms with van der Waals surface area (Å²) >= 11 is 0. The number of nitrogens with one attached hydrogen (secondary N) is 1. The van der Waals surface area contributed by atoms with Crippen LogP contribution >= 0.6 is 0 Å². The minimum atomic E-state index is -0.588. The van der Waals surface area contributed by atoms with E-state index in [0.717, 1.165) is 5.69 Å². The fourth-order valence-electron chi connectivity index (χ4n) is 4.11. The molecule has 1 aromatic heterocycles. The van der Waals surface area contributed by atoms with Crippen molar-refractivity contribution in [2.45, 2.75) is 46.2 Å². The van der Waals surface area contributed by atoms with Crippen molar-refractivity contribution in [2.24, 2.45) is 13.0 Å². The lowest BCUT2D eigenvalue weighted by Crippen LogP contribution is -2.42. The molecular weight excluding hydrogens is 408 g/mol. The van der Waals surface area contributed by atoms with E-state index in [-0.39, 0.29) is 42.6 Å². The maximum Gasteiger partial charge on any atom is 0.274 e. The lowest BCUT2D eigenvalue weighted by Gasteiger charge is -2.31. The van der Waals surface area contributed by atoms with Crippen molar-refractivity contribution in [3.05, 3.63) is 58.5 Å². The third-order valence-electron chi connectivity index (χ3n) is 5.60. The summed E-state index contributed by atoms with van der Waals surface area (Å²) in [5, 5.41) is 2.66. The van der Waals surface area contributed by atoms with Crippen LogP contribution in [0.4, 0.5) is 11.4 Å². The van der Waals surface area contributed by atoms with Gasteiger partial charge >= 0.3 is 0 Å². The van der Waals surface area contributed by atoms with Gasteiger partial charge in [0.05, 0.1) is 11.5 Å². The number of hydrogen-bond donors (Lipinski definition) is 1. The topological polar surface area (TPSA) is 91.7 Å². The summed E-state index contributed by atoms with van der Waals surface area (Å²) in [6, 6.07) is 10.5. The molecule has 0 aliphatic carbocycles. The van der Waals surface area contributed by atoms with E-state index in [1.165, 1.54) is 16.8 Å². The summed E-state index contributed by atoms with van der Waals surface area (Å²) in [4.78, 5) is 54.3. The molecule has 1 atom stereocenters. The molecule has 1 aromatic carbocycles. The molecule has 0 spiro atoms. The molecule has 1 aliphatic heterocycles. The number of carbonyl (C=O) groups excluding carboxylic acids is 3. The number of amides is 3. The Labute approximate surface area is 187 Å². The van der Waals surface area contributed by atoms with Crippen LogP contribution in [0, 0.1) is 5.92 Å². The number of anilines is 2. The minimum absolute atomic E-state index is 0.0220. The standard InChI is InChI=1S/C24H30N4O4/c1-15(2)28(16(3)4)23(31)18-11-20(24(32)26(5)13-18)25-22(30)17-12-21(29)27(14-17)19-9-7-6-8-10-19/h6-11,13,15-17H,12,14H2,1-5H3,(H,25,30). The van der Waals surface area contributed by atoms with Gasteiger partial charge in [-0.2, -0.15) is 0 Å². The fourth-order valence-corrected chi connectivity index (χ4v) is 4.11. The average molecular weight is 439 g/mol. The van der Waals surface area contributed by atoms with Crippen molar-refractivity contribution in [3.8, 4) is 0 Å². The van der Waals surface area contributed by atoms with E-state index < -0.39 is 17.4 Å². The Bertz CT molecular complexity index is 1070. The number of pyridine rings is 1. The van der Waals surface area contributed by atoms with Crippen molar-refractivity contribution in [1.82, 2.24) is 9.47 Å². The second-order valence-corrected chi connectivity index (χ2v) is 8.69. The molecule has 0 bridgehead atoms. The molecule has 8 nitrogen and oxygen atoms in total. The molecule has 3 amide bonds. The Balaban J connectivity index is 1.81. The van der Waals surface area contributed by atoms with Crippen LogP contribution in [-0.2, 0) is 16.6 Å². The van der Waals surface area contributed by atoms with Crippen LogP contribution in [0.15, 0.2) is 47.4 Å². The van der Waals surface area contributed by atoms with Crippen molar-refractivity contribution in [1.29, 1.82) is 0 Å². The van der Waals surface area contributed by atoms with E-state index in [9.17, 15) is 19.2 Å². The SMILES string of the molecule is CC(C)N(C(=O)c1cc(NC(=O)C2CC(=O)N(c3ccccc3)C2)c(=O)n(C)c1)C(C)C. The summed E-state index contributed by atoms with van der Waals surface area (Å²) in [5.74, 6) is -1.36. The van der Waals surface area contributed by atoms with Crippen molar-refractivity contribution in [3.63, 3.8) is 0 Å². The number of carbonyl (C=O) groups is 3. The predicted molar refractivity (Wildman–Crippen MR) is 124 cm³/mol. The van der Waals surface area contributed by atoms with Gasteiger partial charge in [0.25, 0.3) is 11.5 Å². The molecule has 1 unspecified atom stereocenters. The highest BCUT2D eigenvalue weighted by molar-refractivity contribution is 6.04. The Kier molecular flexibility index (Phi) is 6.81. The second kappa shape index (κ2) is 9.38. The Hall–Kier alpha value is -3.42. The van der Waals surface area contributed by atoms with Crippen LogP contribution in [0.5, 0.6) is 0 Å². The van der Waals surface area contributed by atoms with E-state index in [1.54, 1.807) is 16.8 Å². The minimum Gasteiger partial charge on any atom is -0.334 e. The van der Waals surface area contributed by atoms with E-state index in [0.29, 0.717) is 5.56 Å². The molecule has 1 N–H and O–H groups in total. The third-order valence-corrected chi connectivity index (χ3v) is 5.60. The van der Waals surface area contributed by atoms with Gasteiger partial charge in [-0.1, -0.05) is 18.2 Å². The Morgan fingerprint density at radius 1 is 1.06 bits per heavy atom. The normalized spacial score (nSPS) is 16.0. The van der Waals surface area contributed by atoms with Gasteiger partial charge in [0.1, 0.15) is 5.69 Å². The van der Waals surface area contributed by atoms with Crippen LogP contribution in [0.1, 0.15) is 44.5 Å². The smallest absolute Gasteiger partial charge is 0.274 e. The molecule has 2 aromatic rings. The number of para-hydroxylation sites is 1. The quantitative estimate of drug-likeness (QED) is 0.751. The number of nitrogens with zero attached hydrogens (tertiary/aromatic N) is 3. The first kappa shape index (κ1) is 23.2. The van der Waals surface area contributed by atoms with Crippen molar-refractivity contribution < 1.29 is 14.4 Å². The van der Waals surface area contributed by atoms with Crippen LogP contribution < -0.4 is 15.8 Å². The van der Waals surface area contributed by atoms with Gasteiger partial charge in [-0.3, -0.25) is 19.2 Å². The van der Waals surface area contributed by atoms with Gasteiger partial charge in [0, 0.05) is 44.0 Å². The summed E-state index contributed by atoms with van der Waals surface area (Å²) in [6.07, 6.45) is 1.54. The van der Waals surface area contributed by atoms with Gasteiger partial charge in [-0.05, 0) is 45.9 Å². The molecule has 1 aliphatic rings. The van der Waals surface area contributed by atoms with E-state index >= 15 is 0 Å². The molecule has 2 heterocycles. The molecule has 3 rings (SSSR count). The van der Waals surface area contributed by atoms with Gasteiger partial charge in [-0.15, -0.1) is 0 Å². The zero-order valence-electron chi connectivity index (χ0n) is 19.2. The first-order valence-corrected chi connectivity index (χ1v) is 10.8. The summed E-state index contributed by atoms with van der Waals surface area (Å²) < 4.78 is 1.29. The van der Waals surface area contributed by atoms with Crippen LogP contribution in [0.3, 0.4) is 0 Å². The fraction of sp³-hybridized carbons (Fsp3) is 0.417. The zero-order valence-corrected chi connectivity index (χ0v) is 19.2. The molecule has 32 heavy (non-hydrogen) atoms. The monoisotopic (exact) mass is 438 g/mol. The molecule has 170 valence electrons. The average Bonchev–Trinajstić information content (AvgIpc) is 3.13. The number of aryl methyl sites for hydroxylation is 1. The van der Waals surface area contributed by atoms with Crippen LogP contribution in [0.2, 0.25) is 0 Å². The Morgan fingerprint density at radius 3 is 2.28 bits per heavy atom. The van der Waals surface area contributed by atoms with E-state index in [2.05, 4.69) is 5.32 Å². The van der Waals surface area contributed by atoms with Gasteiger partial charge in [-0.25, -0.2) is 0 Å². The largest absolute Gasteiger partial charge is 0.334 e. The summed E-state index contributed by atoms with van der Waals surface area (Å²) in [7, 11) is 1.54. The molecule has 0 radical (unpaired) electrons. The van der Waals surface area contributed by atoms with Gasteiger partial charge < -0.3 is 19.7 Å². The molecule has 1 saturated heterocycles. The predicted octanol–water partition coefficient (Wildman–Crippen LogP) is 2.64. The van der Waals surface area contributed by atoms with Gasteiger partial charge in [0.15, 0.2) is 0 Å². The summed E-state index contributed by atoms with van der Waals surface area (Å²) in [5.41, 5.74) is 0.665. The first-order valence-electron chi connectivity index (χ1n) is 10.8. The van der Waals surface area contributed by atoms with Crippen molar-refractivity contribution >= 4 is 29.1 Å². The lowest BCUT2D eigenvalue weighted by atomic mass is 10.1. The van der Waals surface area contributed by atoms with E-state index in [4.69, 9.17) is 0 Å². The molecule has 8 heteroatoms.